The van der Waals surface area contributed by atoms with Crippen LogP contribution in [-0.4, -0.2) is 12.1 Å². The molecule has 0 aromatic rings. The highest BCUT2D eigenvalue weighted by atomic mass is 16.5. The van der Waals surface area contributed by atoms with E-state index in [1.165, 1.54) is 32.1 Å². The van der Waals surface area contributed by atoms with Gasteiger partial charge >= 0.3 is 5.97 Å². The lowest BCUT2D eigenvalue weighted by Gasteiger charge is -2.12. The number of carbonyl (C=O) groups is 1. The van der Waals surface area contributed by atoms with E-state index in [-0.39, 0.29) is 12.1 Å². The van der Waals surface area contributed by atoms with Crippen molar-refractivity contribution in [2.24, 2.45) is 0 Å². The molecular formula is C15H28O2. The van der Waals surface area contributed by atoms with E-state index in [0.29, 0.717) is 6.42 Å². The minimum atomic E-state index is -0.146. The lowest BCUT2D eigenvalue weighted by molar-refractivity contribution is -0.146. The summed E-state index contributed by atoms with van der Waals surface area (Å²) in [6, 6.07) is 0. The molecular weight excluding hydrogens is 212 g/mol. The van der Waals surface area contributed by atoms with Crippen LogP contribution in [0.5, 0.6) is 0 Å². The van der Waals surface area contributed by atoms with Gasteiger partial charge in [0.1, 0.15) is 6.10 Å². The summed E-state index contributed by atoms with van der Waals surface area (Å²) in [5, 5.41) is 0. The second-order valence-electron chi connectivity index (χ2n) is 4.85. The van der Waals surface area contributed by atoms with Gasteiger partial charge in [0, 0.05) is 6.42 Å². The Bertz CT molecular complexity index is 221. The molecule has 17 heavy (non-hydrogen) atoms. The molecule has 0 saturated heterocycles. The average Bonchev–Trinajstić information content (AvgIpc) is 2.27. The molecule has 0 aliphatic rings. The Labute approximate surface area is 106 Å². The van der Waals surface area contributed by atoms with Crippen LogP contribution in [0.1, 0.15) is 72.1 Å². The Morgan fingerprint density at radius 1 is 1.12 bits per heavy atom. The maximum absolute atomic E-state index is 11.4. The second-order valence-corrected chi connectivity index (χ2v) is 4.85. The number of esters is 1. The largest absolute Gasteiger partial charge is 0.458 e. The average molecular weight is 240 g/mol. The van der Waals surface area contributed by atoms with Crippen molar-refractivity contribution in [3.05, 3.63) is 12.2 Å². The summed E-state index contributed by atoms with van der Waals surface area (Å²) >= 11 is 0. The van der Waals surface area contributed by atoms with Gasteiger partial charge in [-0.05, 0) is 25.8 Å². The highest BCUT2D eigenvalue weighted by molar-refractivity contribution is 5.69. The third-order valence-electron chi connectivity index (χ3n) is 2.99. The van der Waals surface area contributed by atoms with Crippen LogP contribution in [0.2, 0.25) is 0 Å². The maximum Gasteiger partial charge on any atom is 0.306 e. The molecule has 0 saturated carbocycles. The molecule has 1 unspecified atom stereocenters. The molecule has 0 heterocycles. The normalized spacial score (nSPS) is 12.2. The van der Waals surface area contributed by atoms with Crippen LogP contribution in [0.15, 0.2) is 12.2 Å². The van der Waals surface area contributed by atoms with Crippen LogP contribution >= 0.6 is 0 Å². The van der Waals surface area contributed by atoms with Crippen LogP contribution in [0, 0.1) is 0 Å². The highest BCUT2D eigenvalue weighted by Crippen LogP contribution is 2.10. The van der Waals surface area contributed by atoms with Gasteiger partial charge in [-0.25, -0.2) is 0 Å². The predicted molar refractivity (Wildman–Crippen MR) is 73.0 cm³/mol. The summed E-state index contributed by atoms with van der Waals surface area (Å²) in [5.74, 6) is -0.0888. The van der Waals surface area contributed by atoms with E-state index in [0.717, 1.165) is 18.4 Å². The lowest BCUT2D eigenvalue weighted by Crippen LogP contribution is -2.15. The fourth-order valence-electron chi connectivity index (χ4n) is 1.58. The van der Waals surface area contributed by atoms with E-state index in [9.17, 15) is 4.79 Å². The van der Waals surface area contributed by atoms with Crippen LogP contribution in [-0.2, 0) is 9.53 Å². The maximum atomic E-state index is 11.4. The molecule has 1 atom stereocenters. The molecule has 0 rings (SSSR count). The van der Waals surface area contributed by atoms with Crippen molar-refractivity contribution in [3.63, 3.8) is 0 Å². The van der Waals surface area contributed by atoms with Gasteiger partial charge in [-0.2, -0.15) is 0 Å². The molecule has 0 aromatic heterocycles. The Hall–Kier alpha value is -0.790. The zero-order chi connectivity index (χ0) is 13.1. The smallest absolute Gasteiger partial charge is 0.306 e. The van der Waals surface area contributed by atoms with E-state index in [4.69, 9.17) is 4.74 Å². The molecule has 100 valence electrons. The molecule has 0 bridgehead atoms. The molecule has 0 N–H and O–H groups in total. The van der Waals surface area contributed by atoms with Gasteiger partial charge in [-0.1, -0.05) is 52.0 Å². The number of hydrogen-bond donors (Lipinski definition) is 0. The summed E-state index contributed by atoms with van der Waals surface area (Å²) < 4.78 is 5.22. The van der Waals surface area contributed by atoms with Crippen LogP contribution < -0.4 is 0 Å². The Balaban J connectivity index is 3.36. The fraction of sp³-hybridized carbons (Fsp3) is 0.800. The Kier molecular flexibility index (Phi) is 9.89. The van der Waals surface area contributed by atoms with Crippen molar-refractivity contribution in [2.75, 3.05) is 0 Å². The lowest BCUT2D eigenvalue weighted by atomic mass is 10.1. The van der Waals surface area contributed by atoms with Crippen molar-refractivity contribution in [3.8, 4) is 0 Å². The quantitative estimate of drug-likeness (QED) is 0.316. The molecule has 0 radical (unpaired) electrons. The molecule has 0 fully saturated rings. The Morgan fingerprint density at radius 2 is 1.65 bits per heavy atom. The van der Waals surface area contributed by atoms with Gasteiger partial charge in [-0.3, -0.25) is 4.79 Å². The zero-order valence-electron chi connectivity index (χ0n) is 11.8. The minimum Gasteiger partial charge on any atom is -0.458 e. The zero-order valence-corrected chi connectivity index (χ0v) is 11.8. The summed E-state index contributed by atoms with van der Waals surface area (Å²) in [6.45, 7) is 9.74. The van der Waals surface area contributed by atoms with Crippen LogP contribution in [0.4, 0.5) is 0 Å². The summed E-state index contributed by atoms with van der Waals surface area (Å²) in [6.07, 6.45) is 8.97. The number of hydrogen-bond acceptors (Lipinski definition) is 2. The number of ether oxygens (including phenoxy) is 1. The number of unbranched alkanes of at least 4 members (excludes halogenated alkanes) is 6. The van der Waals surface area contributed by atoms with Crippen molar-refractivity contribution < 1.29 is 9.53 Å². The van der Waals surface area contributed by atoms with E-state index in [1.54, 1.807) is 0 Å². The molecule has 2 nitrogen and oxygen atoms in total. The van der Waals surface area contributed by atoms with Gasteiger partial charge in [0.25, 0.3) is 0 Å². The summed E-state index contributed by atoms with van der Waals surface area (Å²) in [4.78, 5) is 11.4. The first-order chi connectivity index (χ1) is 8.07. The highest BCUT2D eigenvalue weighted by Gasteiger charge is 2.08. The number of carbonyl (C=O) groups excluding carboxylic acids is 1. The van der Waals surface area contributed by atoms with Gasteiger partial charge < -0.3 is 4.74 Å². The standard InChI is InChI=1S/C15H28O2/c1-5-6-7-8-9-10-11-12-15(16)17-14(4)13(2)3/h14H,2,5-12H2,1,3-4H3. The van der Waals surface area contributed by atoms with Crippen molar-refractivity contribution in [2.45, 2.75) is 78.2 Å². The first-order valence-electron chi connectivity index (χ1n) is 6.92. The first-order valence-corrected chi connectivity index (χ1v) is 6.92. The minimum absolute atomic E-state index is 0.0888. The van der Waals surface area contributed by atoms with Gasteiger partial charge in [0.15, 0.2) is 0 Å². The van der Waals surface area contributed by atoms with Gasteiger partial charge in [0.05, 0.1) is 0 Å². The van der Waals surface area contributed by atoms with Crippen LogP contribution in [0.3, 0.4) is 0 Å². The SMILES string of the molecule is C=C(C)C(C)OC(=O)CCCCCCCCC. The summed E-state index contributed by atoms with van der Waals surface area (Å²) in [5.41, 5.74) is 0.901. The monoisotopic (exact) mass is 240 g/mol. The molecule has 0 aliphatic carbocycles. The molecule has 2 heteroatoms. The van der Waals surface area contributed by atoms with Gasteiger partial charge in [0.2, 0.25) is 0 Å². The van der Waals surface area contributed by atoms with Crippen molar-refractivity contribution >= 4 is 5.97 Å². The molecule has 0 aromatic carbocycles. The third kappa shape index (κ3) is 10.1. The van der Waals surface area contributed by atoms with Crippen molar-refractivity contribution in [1.29, 1.82) is 0 Å². The van der Waals surface area contributed by atoms with E-state index >= 15 is 0 Å². The van der Waals surface area contributed by atoms with Crippen molar-refractivity contribution in [1.82, 2.24) is 0 Å². The number of rotatable bonds is 10. The fourth-order valence-corrected chi connectivity index (χ4v) is 1.58. The van der Waals surface area contributed by atoms with Crippen LogP contribution in [0.25, 0.3) is 0 Å². The summed E-state index contributed by atoms with van der Waals surface area (Å²) in [7, 11) is 0. The Morgan fingerprint density at radius 3 is 2.18 bits per heavy atom. The topological polar surface area (TPSA) is 26.3 Å². The van der Waals surface area contributed by atoms with Gasteiger partial charge in [-0.15, -0.1) is 0 Å². The molecule has 0 spiro atoms. The van der Waals surface area contributed by atoms with E-state index in [1.807, 2.05) is 13.8 Å². The second kappa shape index (κ2) is 10.4. The molecule has 0 amide bonds. The van der Waals surface area contributed by atoms with E-state index < -0.39 is 0 Å². The first kappa shape index (κ1) is 16.2. The van der Waals surface area contributed by atoms with E-state index in [2.05, 4.69) is 13.5 Å². The molecule has 0 aliphatic heterocycles. The third-order valence-corrected chi connectivity index (χ3v) is 2.99. The predicted octanol–water partition coefficient (Wildman–Crippen LogP) is 4.63.